The maximum Gasteiger partial charge on any atom is 0.189 e. The second-order valence-electron chi connectivity index (χ2n) is 7.63. The Morgan fingerprint density at radius 2 is 1.93 bits per heavy atom. The van der Waals surface area contributed by atoms with Crippen LogP contribution >= 0.6 is 0 Å². The molecule has 0 spiro atoms. The minimum atomic E-state index is -0.479. The van der Waals surface area contributed by atoms with Gasteiger partial charge in [-0.15, -0.1) is 6.58 Å². The van der Waals surface area contributed by atoms with Gasteiger partial charge < -0.3 is 14.7 Å². The predicted molar refractivity (Wildman–Crippen MR) is 115 cm³/mol. The number of ketones is 1. The Kier molecular flexibility index (Phi) is 6.81. The van der Waals surface area contributed by atoms with Gasteiger partial charge in [-0.1, -0.05) is 50.3 Å². The fourth-order valence-corrected chi connectivity index (χ4v) is 2.99. The molecule has 4 heteroatoms. The Morgan fingerprint density at radius 3 is 2.54 bits per heavy atom. The first kappa shape index (κ1) is 21.5. The molecule has 0 aromatic heterocycles. The van der Waals surface area contributed by atoms with Crippen molar-refractivity contribution in [2.24, 2.45) is 0 Å². The van der Waals surface area contributed by atoms with E-state index < -0.39 is 5.41 Å². The second-order valence-corrected chi connectivity index (χ2v) is 7.63. The molecule has 0 bridgehead atoms. The number of hydrogen-bond donors (Lipinski definition) is 1. The minimum Gasteiger partial charge on any atom is -0.507 e. The lowest BCUT2D eigenvalue weighted by Gasteiger charge is -2.23. The van der Waals surface area contributed by atoms with Crippen LogP contribution in [-0.4, -0.2) is 37.0 Å². The average molecular weight is 380 g/mol. The summed E-state index contributed by atoms with van der Waals surface area (Å²) in [4.78, 5) is 15.0. The highest BCUT2D eigenvalue weighted by atomic mass is 16.5. The van der Waals surface area contributed by atoms with Crippen LogP contribution in [0.2, 0.25) is 0 Å². The standard InChI is InChI=1S/C24H29NO3/c1-7-24(2,3)20-14-19(23(28-6)15-22(20)27)21(26)13-12-17-10-8-9-11-18(17)16-25(4)5/h7-15,27H,1,16H2,2-6H3/b13-12+. The van der Waals surface area contributed by atoms with E-state index >= 15 is 0 Å². The number of rotatable bonds is 8. The normalized spacial score (nSPS) is 11.8. The van der Waals surface area contributed by atoms with Gasteiger partial charge in [0.05, 0.1) is 12.7 Å². The van der Waals surface area contributed by atoms with Crippen LogP contribution in [0.1, 0.15) is 40.9 Å². The lowest BCUT2D eigenvalue weighted by atomic mass is 9.83. The zero-order chi connectivity index (χ0) is 20.9. The molecular formula is C24H29NO3. The van der Waals surface area contributed by atoms with Gasteiger partial charge >= 0.3 is 0 Å². The van der Waals surface area contributed by atoms with E-state index in [-0.39, 0.29) is 11.5 Å². The van der Waals surface area contributed by atoms with E-state index in [1.165, 1.54) is 13.2 Å². The first-order chi connectivity index (χ1) is 13.2. The van der Waals surface area contributed by atoms with Gasteiger partial charge in [-0.3, -0.25) is 4.79 Å². The molecule has 0 aliphatic carbocycles. The number of phenols is 1. The first-order valence-corrected chi connectivity index (χ1v) is 9.19. The van der Waals surface area contributed by atoms with Crippen LogP contribution < -0.4 is 4.74 Å². The van der Waals surface area contributed by atoms with Crippen molar-refractivity contribution in [1.82, 2.24) is 4.90 Å². The number of carbonyl (C=O) groups is 1. The molecule has 0 unspecified atom stereocenters. The summed E-state index contributed by atoms with van der Waals surface area (Å²) in [6.45, 7) is 8.48. The molecule has 0 amide bonds. The number of ether oxygens (including phenoxy) is 1. The number of hydrogen-bond acceptors (Lipinski definition) is 4. The van der Waals surface area contributed by atoms with Crippen molar-refractivity contribution in [2.45, 2.75) is 25.8 Å². The number of carbonyl (C=O) groups excluding carboxylic acids is 1. The molecular weight excluding hydrogens is 350 g/mol. The third-order valence-electron chi connectivity index (χ3n) is 4.74. The van der Waals surface area contributed by atoms with Crippen LogP contribution in [0, 0.1) is 0 Å². The lowest BCUT2D eigenvalue weighted by molar-refractivity contribution is 0.104. The van der Waals surface area contributed by atoms with Gasteiger partial charge in [0, 0.05) is 23.6 Å². The van der Waals surface area contributed by atoms with Crippen molar-refractivity contribution < 1.29 is 14.6 Å². The topological polar surface area (TPSA) is 49.8 Å². The van der Waals surface area contributed by atoms with Crippen molar-refractivity contribution in [1.29, 1.82) is 0 Å². The number of phenolic OH excluding ortho intramolecular Hbond substituents is 1. The molecule has 0 fully saturated rings. The highest BCUT2D eigenvalue weighted by Gasteiger charge is 2.24. The highest BCUT2D eigenvalue weighted by molar-refractivity contribution is 6.09. The van der Waals surface area contributed by atoms with Gasteiger partial charge in [0.15, 0.2) is 5.78 Å². The average Bonchev–Trinajstić information content (AvgIpc) is 2.66. The summed E-state index contributed by atoms with van der Waals surface area (Å²) in [6, 6.07) is 11.2. The number of allylic oxidation sites excluding steroid dienone is 2. The molecule has 148 valence electrons. The molecule has 0 atom stereocenters. The van der Waals surface area contributed by atoms with Crippen LogP contribution in [0.25, 0.3) is 6.08 Å². The van der Waals surface area contributed by atoms with Gasteiger partial charge in [0.1, 0.15) is 11.5 Å². The van der Waals surface area contributed by atoms with E-state index in [0.717, 1.165) is 17.7 Å². The van der Waals surface area contributed by atoms with Crippen LogP contribution in [-0.2, 0) is 12.0 Å². The van der Waals surface area contributed by atoms with E-state index in [1.54, 1.807) is 18.2 Å². The third kappa shape index (κ3) is 4.90. The molecule has 0 heterocycles. The van der Waals surface area contributed by atoms with E-state index in [9.17, 15) is 9.90 Å². The summed E-state index contributed by atoms with van der Waals surface area (Å²) in [6.07, 6.45) is 5.12. The van der Waals surface area contributed by atoms with Crippen LogP contribution in [0.3, 0.4) is 0 Å². The molecule has 2 rings (SSSR count). The fraction of sp³-hybridized carbons (Fsp3) is 0.292. The minimum absolute atomic E-state index is 0.0820. The Balaban J connectivity index is 2.43. The lowest BCUT2D eigenvalue weighted by Crippen LogP contribution is -2.14. The molecule has 1 N–H and O–H groups in total. The zero-order valence-electron chi connectivity index (χ0n) is 17.3. The summed E-state index contributed by atoms with van der Waals surface area (Å²) in [5, 5.41) is 10.4. The maximum absolute atomic E-state index is 12.9. The number of benzene rings is 2. The Morgan fingerprint density at radius 1 is 1.25 bits per heavy atom. The van der Waals surface area contributed by atoms with Gasteiger partial charge in [-0.05, 0) is 37.4 Å². The zero-order valence-corrected chi connectivity index (χ0v) is 17.3. The Hall–Kier alpha value is -2.85. The maximum atomic E-state index is 12.9. The molecule has 2 aromatic rings. The van der Waals surface area contributed by atoms with Gasteiger partial charge in [0.25, 0.3) is 0 Å². The monoisotopic (exact) mass is 379 g/mol. The van der Waals surface area contributed by atoms with Crippen LogP contribution in [0.4, 0.5) is 0 Å². The van der Waals surface area contributed by atoms with E-state index in [1.807, 2.05) is 52.2 Å². The van der Waals surface area contributed by atoms with E-state index in [0.29, 0.717) is 16.9 Å². The van der Waals surface area contributed by atoms with E-state index in [4.69, 9.17) is 4.74 Å². The van der Waals surface area contributed by atoms with Gasteiger partial charge in [0.2, 0.25) is 0 Å². The predicted octanol–water partition coefficient (Wildman–Crippen LogP) is 4.82. The van der Waals surface area contributed by atoms with Gasteiger partial charge in [-0.2, -0.15) is 0 Å². The number of methoxy groups -OCH3 is 1. The molecule has 28 heavy (non-hydrogen) atoms. The van der Waals surface area contributed by atoms with Crippen molar-refractivity contribution >= 4 is 11.9 Å². The molecule has 0 radical (unpaired) electrons. The Bertz CT molecular complexity index is 895. The Labute approximate surface area is 167 Å². The smallest absolute Gasteiger partial charge is 0.189 e. The number of nitrogens with zero attached hydrogens (tertiary/aromatic N) is 1. The van der Waals surface area contributed by atoms with Crippen molar-refractivity contribution in [3.8, 4) is 11.5 Å². The number of aromatic hydroxyl groups is 1. The summed E-state index contributed by atoms with van der Waals surface area (Å²) in [7, 11) is 5.51. The van der Waals surface area contributed by atoms with Crippen LogP contribution in [0.15, 0.2) is 55.1 Å². The molecule has 2 aromatic carbocycles. The van der Waals surface area contributed by atoms with Crippen molar-refractivity contribution in [3.05, 3.63) is 77.4 Å². The van der Waals surface area contributed by atoms with E-state index in [2.05, 4.69) is 17.5 Å². The summed E-state index contributed by atoms with van der Waals surface area (Å²) in [5.74, 6) is 0.244. The fourth-order valence-electron chi connectivity index (χ4n) is 2.99. The van der Waals surface area contributed by atoms with Crippen molar-refractivity contribution in [3.63, 3.8) is 0 Å². The second kappa shape index (κ2) is 8.89. The first-order valence-electron chi connectivity index (χ1n) is 9.19. The van der Waals surface area contributed by atoms with Crippen LogP contribution in [0.5, 0.6) is 11.5 Å². The highest BCUT2D eigenvalue weighted by Crippen LogP contribution is 2.37. The third-order valence-corrected chi connectivity index (χ3v) is 4.74. The molecule has 0 aliphatic heterocycles. The largest absolute Gasteiger partial charge is 0.507 e. The SMILES string of the molecule is C=CC(C)(C)c1cc(C(=O)/C=C/c2ccccc2CN(C)C)c(OC)cc1O. The molecule has 0 saturated carbocycles. The quantitative estimate of drug-likeness (QED) is 0.406. The molecule has 4 nitrogen and oxygen atoms in total. The molecule has 0 aliphatic rings. The summed E-state index contributed by atoms with van der Waals surface area (Å²) in [5.41, 5.74) is 2.70. The van der Waals surface area contributed by atoms with Gasteiger partial charge in [-0.25, -0.2) is 0 Å². The molecule has 0 saturated heterocycles. The summed E-state index contributed by atoms with van der Waals surface area (Å²) >= 11 is 0. The van der Waals surface area contributed by atoms with Crippen molar-refractivity contribution in [2.75, 3.05) is 21.2 Å². The summed E-state index contributed by atoms with van der Waals surface area (Å²) < 4.78 is 5.33.